The second-order valence-corrected chi connectivity index (χ2v) is 7.82. The Hall–Kier alpha value is -1.45. The van der Waals surface area contributed by atoms with Crippen LogP contribution >= 0.6 is 11.3 Å². The summed E-state index contributed by atoms with van der Waals surface area (Å²) in [5, 5.41) is 11.5. The molecule has 1 aromatic rings. The van der Waals surface area contributed by atoms with Crippen LogP contribution in [-0.4, -0.2) is 49.8 Å². The number of carbonyl (C=O) groups excluding carboxylic acids is 1. The number of nitrogens with zero attached hydrogens (tertiary/aromatic N) is 1. The van der Waals surface area contributed by atoms with Crippen molar-refractivity contribution in [1.29, 1.82) is 0 Å². The van der Waals surface area contributed by atoms with Gasteiger partial charge in [0, 0.05) is 13.6 Å². The highest BCUT2D eigenvalue weighted by Crippen LogP contribution is 2.27. The van der Waals surface area contributed by atoms with Crippen LogP contribution in [0.5, 0.6) is 0 Å². The van der Waals surface area contributed by atoms with Gasteiger partial charge in [0.05, 0.1) is 6.54 Å². The predicted molar refractivity (Wildman–Crippen MR) is 79.1 cm³/mol. The lowest BCUT2D eigenvalue weighted by atomic mass is 10.3. The van der Waals surface area contributed by atoms with Crippen LogP contribution in [0.1, 0.15) is 28.6 Å². The summed E-state index contributed by atoms with van der Waals surface area (Å²) in [5.74, 6) is -1.56. The Morgan fingerprint density at radius 3 is 2.52 bits per heavy atom. The molecule has 0 bridgehead atoms. The lowest BCUT2D eigenvalue weighted by molar-refractivity contribution is -0.121. The molecule has 0 aliphatic rings. The summed E-state index contributed by atoms with van der Waals surface area (Å²) in [6.07, 6.45) is 0.758. The summed E-state index contributed by atoms with van der Waals surface area (Å²) in [7, 11) is -2.58. The lowest BCUT2D eigenvalue weighted by Crippen LogP contribution is -2.38. The van der Waals surface area contributed by atoms with Crippen molar-refractivity contribution in [2.24, 2.45) is 0 Å². The number of carboxylic acids is 1. The minimum absolute atomic E-state index is 0.0163. The molecule has 1 rings (SSSR count). The van der Waals surface area contributed by atoms with E-state index < -0.39 is 21.9 Å². The molecular weight excluding hydrogens is 316 g/mol. The molecule has 0 aliphatic heterocycles. The number of likely N-dealkylation sites (N-methyl/N-ethyl adjacent to an activating group) is 1. The standard InChI is InChI=1S/C12H18N2O5S2/c1-4-5-13-9(15)7-14(3)21(18,19)10-6-8(2)11(20-10)12(16)17/h6H,4-5,7H2,1-3H3,(H,13,15)(H,16,17). The Morgan fingerprint density at radius 2 is 2.05 bits per heavy atom. The Balaban J connectivity index is 2.92. The zero-order chi connectivity index (χ0) is 16.2. The van der Waals surface area contributed by atoms with Gasteiger partial charge in [-0.05, 0) is 25.0 Å². The number of rotatable bonds is 7. The Morgan fingerprint density at radius 1 is 1.43 bits per heavy atom. The number of thiophene rings is 1. The maximum atomic E-state index is 12.3. The van der Waals surface area contributed by atoms with Gasteiger partial charge < -0.3 is 10.4 Å². The quantitative estimate of drug-likeness (QED) is 0.771. The number of amides is 1. The third kappa shape index (κ3) is 4.26. The molecule has 118 valence electrons. The smallest absolute Gasteiger partial charge is 0.346 e. The van der Waals surface area contributed by atoms with Crippen LogP contribution in [0.3, 0.4) is 0 Å². The fraction of sp³-hybridized carbons (Fsp3) is 0.500. The number of sulfonamides is 1. The summed E-state index contributed by atoms with van der Waals surface area (Å²) in [6.45, 7) is 3.60. The SMILES string of the molecule is CCCNC(=O)CN(C)S(=O)(=O)c1cc(C)c(C(=O)O)s1. The third-order valence-electron chi connectivity index (χ3n) is 2.69. The van der Waals surface area contributed by atoms with E-state index in [9.17, 15) is 18.0 Å². The number of carbonyl (C=O) groups is 2. The minimum atomic E-state index is -3.87. The highest BCUT2D eigenvalue weighted by Gasteiger charge is 2.27. The van der Waals surface area contributed by atoms with E-state index in [0.717, 1.165) is 10.7 Å². The van der Waals surface area contributed by atoms with Crippen molar-refractivity contribution >= 4 is 33.2 Å². The van der Waals surface area contributed by atoms with Crippen LogP contribution in [0.4, 0.5) is 0 Å². The monoisotopic (exact) mass is 334 g/mol. The summed E-state index contributed by atoms with van der Waals surface area (Å²) < 4.78 is 25.4. The average Bonchev–Trinajstić information content (AvgIpc) is 2.79. The molecule has 0 fully saturated rings. The predicted octanol–water partition coefficient (Wildman–Crippen LogP) is 0.901. The maximum Gasteiger partial charge on any atom is 0.346 e. The normalized spacial score (nSPS) is 11.6. The Bertz CT molecular complexity index is 636. The first kappa shape index (κ1) is 17.6. The van der Waals surface area contributed by atoms with Crippen molar-refractivity contribution in [1.82, 2.24) is 9.62 Å². The van der Waals surface area contributed by atoms with Crippen LogP contribution < -0.4 is 5.32 Å². The second-order valence-electron chi connectivity index (χ2n) is 4.49. The van der Waals surface area contributed by atoms with Crippen molar-refractivity contribution in [2.45, 2.75) is 24.5 Å². The highest BCUT2D eigenvalue weighted by atomic mass is 32.2. The van der Waals surface area contributed by atoms with Gasteiger partial charge in [0.1, 0.15) is 9.09 Å². The van der Waals surface area contributed by atoms with Crippen LogP contribution in [0, 0.1) is 6.92 Å². The first-order chi connectivity index (χ1) is 9.70. The number of carboxylic acid groups (broad SMARTS) is 1. The fourth-order valence-corrected chi connectivity index (χ4v) is 4.27. The molecule has 21 heavy (non-hydrogen) atoms. The van der Waals surface area contributed by atoms with Crippen LogP contribution in [0.25, 0.3) is 0 Å². The van der Waals surface area contributed by atoms with Gasteiger partial charge in [-0.25, -0.2) is 13.2 Å². The fourth-order valence-electron chi connectivity index (χ4n) is 1.55. The average molecular weight is 334 g/mol. The topological polar surface area (TPSA) is 104 Å². The van der Waals surface area contributed by atoms with E-state index in [1.165, 1.54) is 20.0 Å². The van der Waals surface area contributed by atoms with E-state index in [4.69, 9.17) is 5.11 Å². The number of aryl methyl sites for hydroxylation is 1. The molecule has 1 amide bonds. The first-order valence-corrected chi connectivity index (χ1v) is 8.52. The van der Waals surface area contributed by atoms with E-state index in [0.29, 0.717) is 23.4 Å². The molecule has 0 saturated heterocycles. The van der Waals surface area contributed by atoms with E-state index in [-0.39, 0.29) is 15.6 Å². The van der Waals surface area contributed by atoms with E-state index in [1.54, 1.807) is 0 Å². The van der Waals surface area contributed by atoms with Crippen LogP contribution in [0.15, 0.2) is 10.3 Å². The van der Waals surface area contributed by atoms with Gasteiger partial charge in [-0.15, -0.1) is 11.3 Å². The van der Waals surface area contributed by atoms with Crippen LogP contribution in [0.2, 0.25) is 0 Å². The van der Waals surface area contributed by atoms with Crippen molar-refractivity contribution in [2.75, 3.05) is 20.1 Å². The summed E-state index contributed by atoms with van der Waals surface area (Å²) in [6, 6.07) is 1.31. The van der Waals surface area contributed by atoms with Gasteiger partial charge in [0.15, 0.2) is 0 Å². The van der Waals surface area contributed by atoms with E-state index in [2.05, 4.69) is 5.32 Å². The van der Waals surface area contributed by atoms with E-state index >= 15 is 0 Å². The first-order valence-electron chi connectivity index (χ1n) is 6.27. The lowest BCUT2D eigenvalue weighted by Gasteiger charge is -2.15. The molecule has 0 unspecified atom stereocenters. The number of nitrogens with one attached hydrogen (secondary N) is 1. The van der Waals surface area contributed by atoms with Gasteiger partial charge in [-0.3, -0.25) is 4.79 Å². The zero-order valence-electron chi connectivity index (χ0n) is 12.0. The van der Waals surface area contributed by atoms with Crippen LogP contribution in [-0.2, 0) is 14.8 Å². The summed E-state index contributed by atoms with van der Waals surface area (Å²) >= 11 is 0.687. The molecule has 1 aromatic heterocycles. The zero-order valence-corrected chi connectivity index (χ0v) is 13.7. The summed E-state index contributed by atoms with van der Waals surface area (Å²) in [5.41, 5.74) is 0.384. The minimum Gasteiger partial charge on any atom is -0.477 e. The molecular formula is C12H18N2O5S2. The van der Waals surface area contributed by atoms with Gasteiger partial charge in [0.2, 0.25) is 5.91 Å². The second kappa shape index (κ2) is 7.01. The van der Waals surface area contributed by atoms with Crippen molar-refractivity contribution in [3.8, 4) is 0 Å². The molecule has 9 heteroatoms. The molecule has 7 nitrogen and oxygen atoms in total. The third-order valence-corrected chi connectivity index (χ3v) is 6.17. The molecule has 2 N–H and O–H groups in total. The van der Waals surface area contributed by atoms with Gasteiger partial charge in [-0.2, -0.15) is 4.31 Å². The van der Waals surface area contributed by atoms with Crippen molar-refractivity contribution < 1.29 is 23.1 Å². The molecule has 0 atom stereocenters. The Kier molecular flexibility index (Phi) is 5.87. The maximum absolute atomic E-state index is 12.3. The Labute approximate surface area is 127 Å². The van der Waals surface area contributed by atoms with Gasteiger partial charge in [-0.1, -0.05) is 6.92 Å². The number of hydrogen-bond acceptors (Lipinski definition) is 5. The van der Waals surface area contributed by atoms with Crippen molar-refractivity contribution in [3.05, 3.63) is 16.5 Å². The molecule has 1 heterocycles. The molecule has 0 radical (unpaired) electrons. The summed E-state index contributed by atoms with van der Waals surface area (Å²) in [4.78, 5) is 22.5. The highest BCUT2D eigenvalue weighted by molar-refractivity contribution is 7.91. The number of aromatic carboxylic acids is 1. The van der Waals surface area contributed by atoms with Gasteiger partial charge >= 0.3 is 5.97 Å². The van der Waals surface area contributed by atoms with Crippen molar-refractivity contribution in [3.63, 3.8) is 0 Å². The molecule has 0 saturated carbocycles. The van der Waals surface area contributed by atoms with E-state index in [1.807, 2.05) is 6.92 Å². The molecule has 0 spiro atoms. The largest absolute Gasteiger partial charge is 0.477 e. The molecule has 0 aromatic carbocycles. The molecule has 0 aliphatic carbocycles. The van der Waals surface area contributed by atoms with Gasteiger partial charge in [0.25, 0.3) is 10.0 Å². The number of hydrogen-bond donors (Lipinski definition) is 2.